The summed E-state index contributed by atoms with van der Waals surface area (Å²) in [6.07, 6.45) is 1.78. The molecule has 0 saturated heterocycles. The molecule has 2 aromatic heterocycles. The molecule has 1 amide bonds. The third kappa shape index (κ3) is 5.38. The van der Waals surface area contributed by atoms with Gasteiger partial charge < -0.3 is 20.1 Å². The molecular weight excluding hydrogens is 396 g/mol. The van der Waals surface area contributed by atoms with Gasteiger partial charge in [0.1, 0.15) is 5.82 Å². The quantitative estimate of drug-likeness (QED) is 0.580. The summed E-state index contributed by atoms with van der Waals surface area (Å²) in [5.41, 5.74) is 3.12. The van der Waals surface area contributed by atoms with Gasteiger partial charge in [0.15, 0.2) is 5.65 Å². The number of carbonyl (C=O) groups is 1. The van der Waals surface area contributed by atoms with Crippen LogP contribution in [0.25, 0.3) is 16.9 Å². The van der Waals surface area contributed by atoms with Gasteiger partial charge in [0.2, 0.25) is 0 Å². The predicted molar refractivity (Wildman–Crippen MR) is 118 cm³/mol. The lowest BCUT2D eigenvalue weighted by Crippen LogP contribution is -2.39. The standard InChI is InChI=1S/C22H28N6O3/c1-30-13-14-31-12-11-27-9-7-23-20-5-6-21-25-16-19(28(21)26-20)17-3-2-4-18(15-17)22(29)24-8-10-27/h2-6,15-16H,7-14H2,1H3,(H,23,26)(H,24,29). The van der Waals surface area contributed by atoms with E-state index in [9.17, 15) is 4.79 Å². The minimum atomic E-state index is -0.0892. The van der Waals surface area contributed by atoms with Crippen LogP contribution < -0.4 is 10.6 Å². The van der Waals surface area contributed by atoms with Crippen molar-refractivity contribution < 1.29 is 14.3 Å². The normalized spacial score (nSPS) is 15.3. The molecule has 4 rings (SSSR count). The molecule has 1 aromatic carbocycles. The van der Waals surface area contributed by atoms with Crippen LogP contribution in [-0.4, -0.2) is 85.1 Å². The zero-order valence-electron chi connectivity index (χ0n) is 17.7. The Bertz CT molecular complexity index is 1020. The highest BCUT2D eigenvalue weighted by atomic mass is 16.5. The Morgan fingerprint density at radius 2 is 1.87 bits per heavy atom. The largest absolute Gasteiger partial charge is 0.382 e. The van der Waals surface area contributed by atoms with Crippen LogP contribution in [0.15, 0.2) is 42.6 Å². The van der Waals surface area contributed by atoms with Crippen molar-refractivity contribution in [3.8, 4) is 11.3 Å². The maximum atomic E-state index is 12.7. The van der Waals surface area contributed by atoms with Crippen LogP contribution in [0.4, 0.5) is 5.82 Å². The maximum absolute atomic E-state index is 12.7. The molecule has 1 aliphatic rings. The van der Waals surface area contributed by atoms with Gasteiger partial charge in [0.05, 0.1) is 31.7 Å². The van der Waals surface area contributed by atoms with E-state index in [0.717, 1.165) is 48.9 Å². The van der Waals surface area contributed by atoms with Crippen LogP contribution in [0, 0.1) is 0 Å². The average Bonchev–Trinajstić information content (AvgIpc) is 3.21. The van der Waals surface area contributed by atoms with E-state index in [1.165, 1.54) is 0 Å². The van der Waals surface area contributed by atoms with Gasteiger partial charge in [-0.2, -0.15) is 0 Å². The summed E-state index contributed by atoms with van der Waals surface area (Å²) >= 11 is 0. The molecule has 0 saturated carbocycles. The van der Waals surface area contributed by atoms with Crippen molar-refractivity contribution in [3.05, 3.63) is 48.2 Å². The summed E-state index contributed by atoms with van der Waals surface area (Å²) in [5, 5.41) is 11.1. The molecule has 9 nitrogen and oxygen atoms in total. The number of fused-ring (bicyclic) bond motifs is 4. The number of carbonyl (C=O) groups excluding carboxylic acids is 1. The average molecular weight is 425 g/mol. The fourth-order valence-electron chi connectivity index (χ4n) is 3.53. The van der Waals surface area contributed by atoms with Crippen molar-refractivity contribution in [2.24, 2.45) is 0 Å². The Morgan fingerprint density at radius 1 is 1.03 bits per heavy atom. The number of nitrogens with one attached hydrogen (secondary N) is 2. The fraction of sp³-hybridized carbons (Fsp3) is 0.409. The third-order valence-electron chi connectivity index (χ3n) is 5.21. The smallest absolute Gasteiger partial charge is 0.251 e. The molecule has 0 aliphatic carbocycles. The van der Waals surface area contributed by atoms with Crippen LogP contribution in [-0.2, 0) is 9.47 Å². The highest BCUT2D eigenvalue weighted by Gasteiger charge is 2.13. The summed E-state index contributed by atoms with van der Waals surface area (Å²) in [6, 6.07) is 11.4. The summed E-state index contributed by atoms with van der Waals surface area (Å²) in [6.45, 7) is 5.36. The molecule has 0 unspecified atom stereocenters. The minimum Gasteiger partial charge on any atom is -0.382 e. The van der Waals surface area contributed by atoms with E-state index in [-0.39, 0.29) is 5.91 Å². The number of aromatic nitrogens is 3. The maximum Gasteiger partial charge on any atom is 0.251 e. The molecule has 2 N–H and O–H groups in total. The fourth-order valence-corrected chi connectivity index (χ4v) is 3.53. The lowest BCUT2D eigenvalue weighted by Gasteiger charge is -2.22. The summed E-state index contributed by atoms with van der Waals surface area (Å²) < 4.78 is 12.4. The second-order valence-electron chi connectivity index (χ2n) is 7.34. The van der Waals surface area contributed by atoms with Gasteiger partial charge in [-0.25, -0.2) is 9.50 Å². The second-order valence-corrected chi connectivity index (χ2v) is 7.34. The van der Waals surface area contributed by atoms with Crippen molar-refractivity contribution >= 4 is 17.4 Å². The lowest BCUT2D eigenvalue weighted by molar-refractivity contribution is 0.0577. The molecule has 164 valence electrons. The highest BCUT2D eigenvalue weighted by Crippen LogP contribution is 2.22. The van der Waals surface area contributed by atoms with Gasteiger partial charge in [-0.15, -0.1) is 5.10 Å². The lowest BCUT2D eigenvalue weighted by atomic mass is 10.1. The molecule has 3 aromatic rings. The number of ether oxygens (including phenoxy) is 2. The predicted octanol–water partition coefficient (Wildman–Crippen LogP) is 1.52. The van der Waals surface area contributed by atoms with E-state index in [4.69, 9.17) is 14.6 Å². The zero-order chi connectivity index (χ0) is 21.5. The number of hydrogen-bond donors (Lipinski definition) is 2. The first-order valence-corrected chi connectivity index (χ1v) is 10.5. The Morgan fingerprint density at radius 3 is 2.74 bits per heavy atom. The molecular formula is C22H28N6O3. The molecule has 4 bridgehead atoms. The van der Waals surface area contributed by atoms with Gasteiger partial charge in [-0.1, -0.05) is 12.1 Å². The van der Waals surface area contributed by atoms with Gasteiger partial charge in [-0.3, -0.25) is 9.69 Å². The molecule has 9 heteroatoms. The van der Waals surface area contributed by atoms with Gasteiger partial charge >= 0.3 is 0 Å². The first kappa shape index (κ1) is 21.2. The van der Waals surface area contributed by atoms with Crippen molar-refractivity contribution in [1.82, 2.24) is 24.8 Å². The molecule has 0 atom stereocenters. The van der Waals surface area contributed by atoms with Crippen LogP contribution in [0.2, 0.25) is 0 Å². The Balaban J connectivity index is 1.54. The number of anilines is 1. The van der Waals surface area contributed by atoms with Gasteiger partial charge in [-0.05, 0) is 24.3 Å². The first-order valence-electron chi connectivity index (χ1n) is 10.5. The number of hydrogen-bond acceptors (Lipinski definition) is 7. The SMILES string of the molecule is COCCOCCN1CCNC(=O)c2cccc(c2)-c2cnc3ccc(nn23)NCC1. The molecule has 3 heterocycles. The topological polar surface area (TPSA) is 93.0 Å². The third-order valence-corrected chi connectivity index (χ3v) is 5.21. The van der Waals surface area contributed by atoms with E-state index < -0.39 is 0 Å². The van der Waals surface area contributed by atoms with Crippen LogP contribution in [0.5, 0.6) is 0 Å². The molecule has 0 fully saturated rings. The van der Waals surface area contributed by atoms with Crippen molar-refractivity contribution in [3.63, 3.8) is 0 Å². The van der Waals surface area contributed by atoms with Crippen molar-refractivity contribution in [2.75, 3.05) is 65.0 Å². The van der Waals surface area contributed by atoms with Crippen LogP contribution in [0.3, 0.4) is 0 Å². The van der Waals surface area contributed by atoms with E-state index in [1.54, 1.807) is 17.8 Å². The second kappa shape index (κ2) is 10.3. The molecule has 31 heavy (non-hydrogen) atoms. The van der Waals surface area contributed by atoms with Crippen LogP contribution >= 0.6 is 0 Å². The molecule has 0 radical (unpaired) electrons. The Labute approximate surface area is 181 Å². The summed E-state index contributed by atoms with van der Waals surface area (Å²) in [7, 11) is 1.66. The molecule has 0 spiro atoms. The zero-order valence-corrected chi connectivity index (χ0v) is 17.7. The summed E-state index contributed by atoms with van der Waals surface area (Å²) in [5.74, 6) is 0.692. The summed E-state index contributed by atoms with van der Waals surface area (Å²) in [4.78, 5) is 19.4. The van der Waals surface area contributed by atoms with Gasteiger partial charge in [0, 0.05) is 51.0 Å². The highest BCUT2D eigenvalue weighted by molar-refractivity contribution is 5.95. The van der Waals surface area contributed by atoms with E-state index >= 15 is 0 Å². The van der Waals surface area contributed by atoms with Crippen LogP contribution in [0.1, 0.15) is 10.4 Å². The molecule has 1 aliphatic heterocycles. The van der Waals surface area contributed by atoms with E-state index in [0.29, 0.717) is 31.9 Å². The number of methoxy groups -OCH3 is 1. The van der Waals surface area contributed by atoms with Crippen molar-refractivity contribution in [1.29, 1.82) is 0 Å². The first-order chi connectivity index (χ1) is 15.2. The monoisotopic (exact) mass is 424 g/mol. The Kier molecular flexibility index (Phi) is 7.08. The minimum absolute atomic E-state index is 0.0892. The number of benzene rings is 1. The van der Waals surface area contributed by atoms with E-state index in [2.05, 4.69) is 20.5 Å². The Hall–Kier alpha value is -3.01. The number of amides is 1. The number of rotatable bonds is 6. The van der Waals surface area contributed by atoms with E-state index in [1.807, 2.05) is 36.4 Å². The number of imidazole rings is 1. The number of nitrogens with zero attached hydrogens (tertiary/aromatic N) is 4. The van der Waals surface area contributed by atoms with Crippen molar-refractivity contribution in [2.45, 2.75) is 0 Å². The van der Waals surface area contributed by atoms with Gasteiger partial charge in [0.25, 0.3) is 5.91 Å².